The Balaban J connectivity index is 1.70. The number of esters is 1. The standard InChI is InChI=1S/C38H51NO2/c1-7-39(8-2)36-25-24-33(27-35(36)38(4,5)6)34-26-32(29-18-21-31(22-19-29)37(40)41-9-3)23-20-30(34)17-13-12-16-28-14-10-11-15-28/h18-28H,7-17H2,1-6H3. The summed E-state index contributed by atoms with van der Waals surface area (Å²) in [7, 11) is 0. The summed E-state index contributed by atoms with van der Waals surface area (Å²) in [5.74, 6) is 0.687. The van der Waals surface area contributed by atoms with Gasteiger partial charge >= 0.3 is 5.97 Å². The molecule has 0 amide bonds. The van der Waals surface area contributed by atoms with Gasteiger partial charge in [-0.3, -0.25) is 0 Å². The summed E-state index contributed by atoms with van der Waals surface area (Å²) in [5, 5.41) is 0. The van der Waals surface area contributed by atoms with Crippen LogP contribution in [0.5, 0.6) is 0 Å². The van der Waals surface area contributed by atoms with E-state index in [1.807, 2.05) is 31.2 Å². The van der Waals surface area contributed by atoms with Crippen LogP contribution < -0.4 is 4.90 Å². The molecule has 3 aromatic rings. The van der Waals surface area contributed by atoms with E-state index >= 15 is 0 Å². The number of anilines is 1. The van der Waals surface area contributed by atoms with E-state index in [2.05, 4.69) is 75.9 Å². The first-order chi connectivity index (χ1) is 19.7. The van der Waals surface area contributed by atoms with Crippen LogP contribution in [0.15, 0.2) is 60.7 Å². The smallest absolute Gasteiger partial charge is 0.338 e. The quantitative estimate of drug-likeness (QED) is 0.165. The topological polar surface area (TPSA) is 29.5 Å². The summed E-state index contributed by atoms with van der Waals surface area (Å²) < 4.78 is 5.18. The van der Waals surface area contributed by atoms with Gasteiger partial charge in [-0.15, -0.1) is 0 Å². The second-order valence-electron chi connectivity index (χ2n) is 12.7. The molecule has 0 heterocycles. The first-order valence-electron chi connectivity index (χ1n) is 16.1. The van der Waals surface area contributed by atoms with Crippen molar-refractivity contribution in [3.8, 4) is 22.3 Å². The molecule has 1 fully saturated rings. The number of carbonyl (C=O) groups excluding carboxylic acids is 1. The van der Waals surface area contributed by atoms with Crippen LogP contribution in [0, 0.1) is 5.92 Å². The van der Waals surface area contributed by atoms with Crippen molar-refractivity contribution in [3.05, 3.63) is 77.4 Å². The fourth-order valence-corrected chi connectivity index (χ4v) is 6.45. The number of hydrogen-bond donors (Lipinski definition) is 0. The molecule has 0 unspecified atom stereocenters. The number of benzene rings is 3. The van der Waals surface area contributed by atoms with Crippen LogP contribution in [0.1, 0.15) is 108 Å². The summed E-state index contributed by atoms with van der Waals surface area (Å²) in [6.45, 7) is 15.7. The maximum Gasteiger partial charge on any atom is 0.338 e. The third kappa shape index (κ3) is 7.82. The molecule has 220 valence electrons. The van der Waals surface area contributed by atoms with Gasteiger partial charge in [-0.2, -0.15) is 0 Å². The van der Waals surface area contributed by atoms with Crippen molar-refractivity contribution in [3.63, 3.8) is 0 Å². The van der Waals surface area contributed by atoms with Gasteiger partial charge in [0.25, 0.3) is 0 Å². The Bertz CT molecular complexity index is 1270. The van der Waals surface area contributed by atoms with Gasteiger partial charge in [0.05, 0.1) is 12.2 Å². The molecule has 0 atom stereocenters. The van der Waals surface area contributed by atoms with E-state index in [9.17, 15) is 4.79 Å². The van der Waals surface area contributed by atoms with Crippen LogP contribution in [-0.2, 0) is 16.6 Å². The number of carbonyl (C=O) groups is 1. The molecule has 0 aliphatic heterocycles. The largest absolute Gasteiger partial charge is 0.462 e. The Morgan fingerprint density at radius 3 is 2.12 bits per heavy atom. The van der Waals surface area contributed by atoms with Crippen molar-refractivity contribution in [1.82, 2.24) is 0 Å². The molecule has 3 aromatic carbocycles. The van der Waals surface area contributed by atoms with Crippen molar-refractivity contribution in [2.24, 2.45) is 5.92 Å². The van der Waals surface area contributed by atoms with Crippen LogP contribution in [-0.4, -0.2) is 25.7 Å². The number of aryl methyl sites for hydroxylation is 1. The lowest BCUT2D eigenvalue weighted by molar-refractivity contribution is 0.0526. The molecular weight excluding hydrogens is 502 g/mol. The molecule has 4 rings (SSSR count). The van der Waals surface area contributed by atoms with E-state index in [0.717, 1.165) is 31.0 Å². The van der Waals surface area contributed by atoms with Gasteiger partial charge in [0.2, 0.25) is 0 Å². The van der Waals surface area contributed by atoms with Crippen LogP contribution in [0.4, 0.5) is 5.69 Å². The Morgan fingerprint density at radius 2 is 1.49 bits per heavy atom. The van der Waals surface area contributed by atoms with Crippen molar-refractivity contribution in [2.75, 3.05) is 24.6 Å². The second-order valence-corrected chi connectivity index (χ2v) is 12.7. The van der Waals surface area contributed by atoms with Gasteiger partial charge in [-0.1, -0.05) is 89.6 Å². The predicted molar refractivity (Wildman–Crippen MR) is 175 cm³/mol. The third-order valence-corrected chi connectivity index (χ3v) is 8.84. The molecule has 1 saturated carbocycles. The lowest BCUT2D eigenvalue weighted by Gasteiger charge is -2.31. The van der Waals surface area contributed by atoms with Crippen molar-refractivity contribution in [2.45, 2.75) is 98.3 Å². The fraction of sp³-hybridized carbons (Fsp3) is 0.500. The molecule has 3 nitrogen and oxygen atoms in total. The summed E-state index contributed by atoms with van der Waals surface area (Å²) in [6.07, 6.45) is 10.8. The second kappa shape index (κ2) is 14.2. The summed E-state index contributed by atoms with van der Waals surface area (Å²) in [5.41, 5.74) is 9.71. The molecule has 1 aliphatic rings. The van der Waals surface area contributed by atoms with Crippen molar-refractivity contribution < 1.29 is 9.53 Å². The molecule has 0 aromatic heterocycles. The minimum atomic E-state index is -0.268. The lowest BCUT2D eigenvalue weighted by Crippen LogP contribution is -2.26. The van der Waals surface area contributed by atoms with Gasteiger partial charge in [0.1, 0.15) is 0 Å². The zero-order valence-corrected chi connectivity index (χ0v) is 26.4. The minimum Gasteiger partial charge on any atom is -0.462 e. The van der Waals surface area contributed by atoms with Crippen molar-refractivity contribution in [1.29, 1.82) is 0 Å². The molecule has 0 radical (unpaired) electrons. The summed E-state index contributed by atoms with van der Waals surface area (Å²) in [6, 6.07) is 21.9. The van der Waals surface area contributed by atoms with Gasteiger partial charge in [-0.05, 0) is 109 Å². The molecule has 0 spiro atoms. The molecule has 0 bridgehead atoms. The van der Waals surface area contributed by atoms with E-state index in [-0.39, 0.29) is 11.4 Å². The normalized spacial score (nSPS) is 13.9. The van der Waals surface area contributed by atoms with E-state index in [0.29, 0.717) is 12.2 Å². The number of rotatable bonds is 12. The monoisotopic (exact) mass is 553 g/mol. The number of ether oxygens (including phenoxy) is 1. The van der Waals surface area contributed by atoms with Crippen LogP contribution >= 0.6 is 0 Å². The van der Waals surface area contributed by atoms with E-state index < -0.39 is 0 Å². The highest BCUT2D eigenvalue weighted by Crippen LogP contribution is 2.38. The minimum absolute atomic E-state index is 0.0376. The molecule has 41 heavy (non-hydrogen) atoms. The third-order valence-electron chi connectivity index (χ3n) is 8.84. The number of nitrogens with zero attached hydrogens (tertiary/aromatic N) is 1. The van der Waals surface area contributed by atoms with Gasteiger partial charge in [-0.25, -0.2) is 4.79 Å². The highest BCUT2D eigenvalue weighted by molar-refractivity contribution is 5.90. The molecule has 0 N–H and O–H groups in total. The maximum atomic E-state index is 12.2. The van der Waals surface area contributed by atoms with E-state index in [1.165, 1.54) is 78.5 Å². The average molecular weight is 554 g/mol. The van der Waals surface area contributed by atoms with Crippen LogP contribution in [0.2, 0.25) is 0 Å². The Morgan fingerprint density at radius 1 is 0.829 bits per heavy atom. The molecule has 1 aliphatic carbocycles. The average Bonchev–Trinajstić information content (AvgIpc) is 3.49. The maximum absolute atomic E-state index is 12.2. The Hall–Kier alpha value is -3.07. The van der Waals surface area contributed by atoms with Gasteiger partial charge < -0.3 is 9.64 Å². The zero-order valence-electron chi connectivity index (χ0n) is 26.4. The van der Waals surface area contributed by atoms with Crippen LogP contribution in [0.3, 0.4) is 0 Å². The highest BCUT2D eigenvalue weighted by Gasteiger charge is 2.22. The first-order valence-corrected chi connectivity index (χ1v) is 16.1. The predicted octanol–water partition coefficient (Wildman–Crippen LogP) is 10.2. The van der Waals surface area contributed by atoms with Crippen LogP contribution in [0.25, 0.3) is 22.3 Å². The molecule has 3 heteroatoms. The van der Waals surface area contributed by atoms with E-state index in [4.69, 9.17) is 4.74 Å². The molecule has 0 saturated heterocycles. The molecular formula is C38H51NO2. The number of hydrogen-bond acceptors (Lipinski definition) is 3. The fourth-order valence-electron chi connectivity index (χ4n) is 6.45. The SMILES string of the molecule is CCOC(=O)c1ccc(-c2ccc(CCCCC3CCCC3)c(-c3ccc(N(CC)CC)c(C(C)(C)C)c3)c2)cc1. The summed E-state index contributed by atoms with van der Waals surface area (Å²) in [4.78, 5) is 14.7. The highest BCUT2D eigenvalue weighted by atomic mass is 16.5. The Kier molecular flexibility index (Phi) is 10.7. The first kappa shape index (κ1) is 30.9. The van der Waals surface area contributed by atoms with Gasteiger partial charge in [0.15, 0.2) is 0 Å². The summed E-state index contributed by atoms with van der Waals surface area (Å²) >= 11 is 0. The number of unbranched alkanes of at least 4 members (excludes halogenated alkanes) is 1. The lowest BCUT2D eigenvalue weighted by atomic mass is 9.82. The van der Waals surface area contributed by atoms with E-state index in [1.54, 1.807) is 0 Å². The Labute approximate surface area is 249 Å². The van der Waals surface area contributed by atoms with Gasteiger partial charge in [0, 0.05) is 18.8 Å². The van der Waals surface area contributed by atoms with Crippen molar-refractivity contribution >= 4 is 11.7 Å². The zero-order chi connectivity index (χ0) is 29.4.